The maximum Gasteiger partial charge on any atom is 0.255 e. The Morgan fingerprint density at radius 2 is 2.09 bits per heavy atom. The molecule has 2 amide bonds. The first-order valence-electron chi connectivity index (χ1n) is 7.43. The van der Waals surface area contributed by atoms with Crippen LogP contribution in [0.2, 0.25) is 0 Å². The van der Waals surface area contributed by atoms with Crippen LogP contribution in [-0.4, -0.2) is 43.0 Å². The molecule has 6 heteroatoms. The molecule has 0 aromatic heterocycles. The van der Waals surface area contributed by atoms with Gasteiger partial charge >= 0.3 is 0 Å². The fraction of sp³-hybridized carbons (Fsp3) is 0.500. The molecular weight excluding hydrogens is 284 g/mol. The molecule has 0 radical (unpaired) electrons. The van der Waals surface area contributed by atoms with Crippen LogP contribution in [0.15, 0.2) is 18.2 Å². The fourth-order valence-electron chi connectivity index (χ4n) is 2.63. The molecule has 120 valence electrons. The minimum atomic E-state index is -0.565. The zero-order chi connectivity index (χ0) is 16.1. The van der Waals surface area contributed by atoms with Crippen molar-refractivity contribution in [2.75, 3.05) is 20.3 Å². The number of benzene rings is 1. The molecule has 2 rings (SSSR count). The second kappa shape index (κ2) is 7.15. The lowest BCUT2D eigenvalue weighted by molar-refractivity contribution is -0.119. The zero-order valence-electron chi connectivity index (χ0n) is 13.0. The van der Waals surface area contributed by atoms with Gasteiger partial charge in [0.15, 0.2) is 18.1 Å². The lowest BCUT2D eigenvalue weighted by Crippen LogP contribution is -2.42. The number of amides is 2. The van der Waals surface area contributed by atoms with Gasteiger partial charge in [-0.3, -0.25) is 9.59 Å². The molecule has 22 heavy (non-hydrogen) atoms. The Hall–Kier alpha value is -2.24. The number of piperidine rings is 1. The van der Waals surface area contributed by atoms with E-state index in [1.165, 1.54) is 7.11 Å². The Morgan fingerprint density at radius 3 is 2.73 bits per heavy atom. The number of hydrogen-bond donors (Lipinski definition) is 1. The monoisotopic (exact) mass is 306 g/mol. The molecule has 2 N–H and O–H groups in total. The van der Waals surface area contributed by atoms with E-state index in [4.69, 9.17) is 15.2 Å². The highest BCUT2D eigenvalue weighted by molar-refractivity contribution is 5.95. The number of nitrogens with two attached hydrogens (primary N) is 1. The molecule has 1 atom stereocenters. The Kier molecular flexibility index (Phi) is 5.25. The molecule has 1 aliphatic heterocycles. The van der Waals surface area contributed by atoms with Gasteiger partial charge in [0.2, 0.25) is 0 Å². The summed E-state index contributed by atoms with van der Waals surface area (Å²) in [6.07, 6.45) is 3.23. The van der Waals surface area contributed by atoms with Gasteiger partial charge in [-0.05, 0) is 44.4 Å². The SMILES string of the molecule is COc1cc(C(=O)N2CCCCC2C)ccc1OCC(N)=O. The second-order valence-corrected chi connectivity index (χ2v) is 5.46. The van der Waals surface area contributed by atoms with Crippen molar-refractivity contribution >= 4 is 11.8 Å². The third-order valence-corrected chi connectivity index (χ3v) is 3.84. The summed E-state index contributed by atoms with van der Waals surface area (Å²) in [5.41, 5.74) is 5.61. The molecule has 1 fully saturated rings. The van der Waals surface area contributed by atoms with Crippen LogP contribution in [0, 0.1) is 0 Å². The first kappa shape index (κ1) is 16.1. The topological polar surface area (TPSA) is 81.9 Å². The molecule has 1 aromatic carbocycles. The molecule has 1 saturated heterocycles. The smallest absolute Gasteiger partial charge is 0.255 e. The van der Waals surface area contributed by atoms with Gasteiger partial charge in [0, 0.05) is 18.2 Å². The number of methoxy groups -OCH3 is 1. The number of hydrogen-bond acceptors (Lipinski definition) is 4. The zero-order valence-corrected chi connectivity index (χ0v) is 13.0. The minimum absolute atomic E-state index is 0.00745. The predicted molar refractivity (Wildman–Crippen MR) is 82.0 cm³/mol. The number of ether oxygens (including phenoxy) is 2. The normalized spacial score (nSPS) is 17.9. The van der Waals surface area contributed by atoms with Crippen LogP contribution in [-0.2, 0) is 4.79 Å². The highest BCUT2D eigenvalue weighted by Gasteiger charge is 2.25. The quantitative estimate of drug-likeness (QED) is 0.895. The summed E-state index contributed by atoms with van der Waals surface area (Å²) in [6, 6.07) is 5.20. The maximum absolute atomic E-state index is 12.6. The highest BCUT2D eigenvalue weighted by atomic mass is 16.5. The Balaban J connectivity index is 2.17. The summed E-state index contributed by atoms with van der Waals surface area (Å²) in [7, 11) is 1.49. The van der Waals surface area contributed by atoms with Gasteiger partial charge in [-0.1, -0.05) is 0 Å². The summed E-state index contributed by atoms with van der Waals surface area (Å²) in [5, 5.41) is 0. The average molecular weight is 306 g/mol. The van der Waals surface area contributed by atoms with E-state index in [0.29, 0.717) is 17.1 Å². The number of primary amides is 1. The van der Waals surface area contributed by atoms with Crippen LogP contribution in [0.25, 0.3) is 0 Å². The van der Waals surface area contributed by atoms with Gasteiger partial charge < -0.3 is 20.1 Å². The van der Waals surface area contributed by atoms with Crippen molar-refractivity contribution < 1.29 is 19.1 Å². The van der Waals surface area contributed by atoms with Gasteiger partial charge in [0.05, 0.1) is 7.11 Å². The van der Waals surface area contributed by atoms with Crippen molar-refractivity contribution in [2.24, 2.45) is 5.73 Å². The van der Waals surface area contributed by atoms with Gasteiger partial charge in [0.25, 0.3) is 11.8 Å². The van der Waals surface area contributed by atoms with E-state index >= 15 is 0 Å². The van der Waals surface area contributed by atoms with Crippen LogP contribution < -0.4 is 15.2 Å². The van der Waals surface area contributed by atoms with Crippen molar-refractivity contribution in [1.82, 2.24) is 4.90 Å². The molecule has 6 nitrogen and oxygen atoms in total. The molecular formula is C16H22N2O4. The molecule has 1 aliphatic rings. The third-order valence-electron chi connectivity index (χ3n) is 3.84. The summed E-state index contributed by atoms with van der Waals surface area (Å²) in [5.74, 6) is 0.234. The van der Waals surface area contributed by atoms with Gasteiger partial charge in [-0.2, -0.15) is 0 Å². The first-order valence-corrected chi connectivity index (χ1v) is 7.43. The van der Waals surface area contributed by atoms with E-state index in [2.05, 4.69) is 6.92 Å². The number of likely N-dealkylation sites (tertiary alicyclic amines) is 1. The van der Waals surface area contributed by atoms with E-state index < -0.39 is 5.91 Å². The fourth-order valence-corrected chi connectivity index (χ4v) is 2.63. The number of rotatable bonds is 5. The number of carbonyl (C=O) groups excluding carboxylic acids is 2. The second-order valence-electron chi connectivity index (χ2n) is 5.46. The van der Waals surface area contributed by atoms with Crippen LogP contribution >= 0.6 is 0 Å². The van der Waals surface area contributed by atoms with E-state index in [-0.39, 0.29) is 18.6 Å². The van der Waals surface area contributed by atoms with Crippen LogP contribution in [0.3, 0.4) is 0 Å². The standard InChI is InChI=1S/C16H22N2O4/c1-11-5-3-4-8-18(11)16(20)12-6-7-13(14(9-12)21-2)22-10-15(17)19/h6-7,9,11H,3-5,8,10H2,1-2H3,(H2,17,19). The Morgan fingerprint density at radius 1 is 1.32 bits per heavy atom. The van der Waals surface area contributed by atoms with Crippen LogP contribution in [0.5, 0.6) is 11.5 Å². The molecule has 0 spiro atoms. The predicted octanol–water partition coefficient (Wildman–Crippen LogP) is 1.57. The largest absolute Gasteiger partial charge is 0.493 e. The summed E-state index contributed by atoms with van der Waals surface area (Å²) in [6.45, 7) is 2.62. The van der Waals surface area contributed by atoms with E-state index in [1.54, 1.807) is 18.2 Å². The molecule has 0 saturated carbocycles. The van der Waals surface area contributed by atoms with Crippen molar-refractivity contribution in [1.29, 1.82) is 0 Å². The molecule has 0 aliphatic carbocycles. The Bertz CT molecular complexity index is 559. The van der Waals surface area contributed by atoms with E-state index in [9.17, 15) is 9.59 Å². The van der Waals surface area contributed by atoms with Crippen LogP contribution in [0.1, 0.15) is 36.5 Å². The van der Waals surface area contributed by atoms with Crippen molar-refractivity contribution in [2.45, 2.75) is 32.2 Å². The van der Waals surface area contributed by atoms with Crippen LogP contribution in [0.4, 0.5) is 0 Å². The molecule has 1 aromatic rings. The summed E-state index contributed by atoms with van der Waals surface area (Å²) < 4.78 is 10.5. The van der Waals surface area contributed by atoms with Crippen molar-refractivity contribution in [3.8, 4) is 11.5 Å². The summed E-state index contributed by atoms with van der Waals surface area (Å²) in [4.78, 5) is 25.3. The number of nitrogens with zero attached hydrogens (tertiary/aromatic N) is 1. The third kappa shape index (κ3) is 3.69. The van der Waals surface area contributed by atoms with Crippen molar-refractivity contribution in [3.63, 3.8) is 0 Å². The Labute approximate surface area is 130 Å². The first-order chi connectivity index (χ1) is 10.5. The lowest BCUT2D eigenvalue weighted by atomic mass is 10.0. The molecule has 1 unspecified atom stereocenters. The average Bonchev–Trinajstić information content (AvgIpc) is 2.52. The van der Waals surface area contributed by atoms with E-state index in [1.807, 2.05) is 4.90 Å². The highest BCUT2D eigenvalue weighted by Crippen LogP contribution is 2.29. The lowest BCUT2D eigenvalue weighted by Gasteiger charge is -2.33. The minimum Gasteiger partial charge on any atom is -0.493 e. The van der Waals surface area contributed by atoms with Crippen molar-refractivity contribution in [3.05, 3.63) is 23.8 Å². The summed E-state index contributed by atoms with van der Waals surface area (Å²) >= 11 is 0. The van der Waals surface area contributed by atoms with E-state index in [0.717, 1.165) is 25.8 Å². The van der Waals surface area contributed by atoms with Gasteiger partial charge in [0.1, 0.15) is 0 Å². The molecule has 0 bridgehead atoms. The number of carbonyl (C=O) groups is 2. The van der Waals surface area contributed by atoms with Gasteiger partial charge in [-0.25, -0.2) is 0 Å². The molecule has 1 heterocycles. The maximum atomic E-state index is 12.6. The van der Waals surface area contributed by atoms with Gasteiger partial charge in [-0.15, -0.1) is 0 Å².